The summed E-state index contributed by atoms with van der Waals surface area (Å²) in [5.41, 5.74) is 9.19. The largest absolute Gasteiger partial charge is 0.370 e. The number of benzene rings is 1. The molecule has 6 nitrogen and oxygen atoms in total. The summed E-state index contributed by atoms with van der Waals surface area (Å²) in [6, 6.07) is 16.1. The summed E-state index contributed by atoms with van der Waals surface area (Å²) in [5.74, 6) is 0.437. The zero-order chi connectivity index (χ0) is 17.3. The summed E-state index contributed by atoms with van der Waals surface area (Å²) >= 11 is 0. The molecule has 3 aromatic rings. The molecule has 1 aromatic carbocycles. The number of rotatable bonds is 7. The van der Waals surface area contributed by atoms with Crippen LogP contribution >= 0.6 is 24.0 Å². The number of nitrogens with one attached hydrogen (secondary N) is 1. The highest BCUT2D eigenvalue weighted by Gasteiger charge is 2.00. The summed E-state index contributed by atoms with van der Waals surface area (Å²) in [7, 11) is 0. The highest BCUT2D eigenvalue weighted by Crippen LogP contribution is 2.04. The molecule has 136 valence electrons. The summed E-state index contributed by atoms with van der Waals surface area (Å²) in [4.78, 5) is 8.63. The number of guanidine groups is 1. The van der Waals surface area contributed by atoms with Crippen molar-refractivity contribution in [3.8, 4) is 0 Å². The van der Waals surface area contributed by atoms with Gasteiger partial charge in [-0.05, 0) is 17.7 Å². The molecule has 26 heavy (non-hydrogen) atoms. The topological polar surface area (TPSA) is 81.1 Å². The Kier molecular flexibility index (Phi) is 8.07. The van der Waals surface area contributed by atoms with Gasteiger partial charge < -0.3 is 11.1 Å². The molecule has 0 atom stereocenters. The van der Waals surface area contributed by atoms with E-state index in [1.165, 1.54) is 5.56 Å². The third kappa shape index (κ3) is 6.47. The second-order valence-electron chi connectivity index (χ2n) is 5.73. The van der Waals surface area contributed by atoms with Gasteiger partial charge >= 0.3 is 0 Å². The fourth-order valence-corrected chi connectivity index (χ4v) is 2.44. The number of hydrogen-bond acceptors (Lipinski definition) is 3. The number of hydrogen-bond donors (Lipinski definition) is 2. The van der Waals surface area contributed by atoms with Crippen LogP contribution in [0.25, 0.3) is 0 Å². The smallest absolute Gasteiger partial charge is 0.188 e. The van der Waals surface area contributed by atoms with Gasteiger partial charge in [0.05, 0.1) is 19.3 Å². The van der Waals surface area contributed by atoms with E-state index in [4.69, 9.17) is 5.73 Å². The van der Waals surface area contributed by atoms with E-state index in [-0.39, 0.29) is 24.0 Å². The van der Waals surface area contributed by atoms with Crippen molar-refractivity contribution < 1.29 is 0 Å². The van der Waals surface area contributed by atoms with Crippen LogP contribution in [0.3, 0.4) is 0 Å². The Morgan fingerprint density at radius 1 is 1.08 bits per heavy atom. The Hall–Kier alpha value is -2.42. The molecule has 2 aromatic heterocycles. The van der Waals surface area contributed by atoms with E-state index in [9.17, 15) is 0 Å². The van der Waals surface area contributed by atoms with E-state index < -0.39 is 0 Å². The molecule has 0 bridgehead atoms. The van der Waals surface area contributed by atoms with Crippen molar-refractivity contribution in [2.75, 3.05) is 6.54 Å². The third-order valence-electron chi connectivity index (χ3n) is 3.72. The molecule has 2 heterocycles. The number of aromatic nitrogens is 3. The fraction of sp³-hybridized carbons (Fsp3) is 0.211. The van der Waals surface area contributed by atoms with Crippen LogP contribution in [-0.4, -0.2) is 27.3 Å². The molecule has 0 spiro atoms. The normalized spacial score (nSPS) is 11.0. The van der Waals surface area contributed by atoms with Crippen LogP contribution in [0.4, 0.5) is 0 Å². The van der Waals surface area contributed by atoms with Crippen LogP contribution in [-0.2, 0) is 19.5 Å². The van der Waals surface area contributed by atoms with Crippen LogP contribution in [0.2, 0.25) is 0 Å². The predicted octanol–water partition coefficient (Wildman–Crippen LogP) is 2.59. The second-order valence-corrected chi connectivity index (χ2v) is 5.73. The Morgan fingerprint density at radius 2 is 1.88 bits per heavy atom. The lowest BCUT2D eigenvalue weighted by Gasteiger charge is -2.04. The molecule has 0 amide bonds. The Bertz CT molecular complexity index is 801. The SMILES string of the molecule is I.NC(=NCc1cnn(Cc2ccccc2)c1)NCCc1ccccn1. The fourth-order valence-electron chi connectivity index (χ4n) is 2.44. The zero-order valence-electron chi connectivity index (χ0n) is 14.5. The van der Waals surface area contributed by atoms with E-state index in [2.05, 4.69) is 32.5 Å². The lowest BCUT2D eigenvalue weighted by Crippen LogP contribution is -2.33. The molecule has 3 N–H and O–H groups in total. The average Bonchev–Trinajstić information content (AvgIpc) is 3.09. The Balaban J connectivity index is 0.00000243. The van der Waals surface area contributed by atoms with Gasteiger partial charge in [-0.3, -0.25) is 9.67 Å². The van der Waals surface area contributed by atoms with Crippen molar-refractivity contribution in [3.63, 3.8) is 0 Å². The Labute approximate surface area is 170 Å². The minimum Gasteiger partial charge on any atom is -0.370 e. The molecule has 0 aliphatic carbocycles. The predicted molar refractivity (Wildman–Crippen MR) is 114 cm³/mol. The van der Waals surface area contributed by atoms with Gasteiger partial charge in [0.15, 0.2) is 5.96 Å². The Morgan fingerprint density at radius 3 is 2.65 bits per heavy atom. The van der Waals surface area contributed by atoms with Crippen LogP contribution in [0.5, 0.6) is 0 Å². The zero-order valence-corrected chi connectivity index (χ0v) is 16.8. The van der Waals surface area contributed by atoms with Crippen LogP contribution in [0, 0.1) is 0 Å². The van der Waals surface area contributed by atoms with Gasteiger partial charge in [-0.25, -0.2) is 4.99 Å². The first-order valence-corrected chi connectivity index (χ1v) is 8.28. The standard InChI is InChI=1S/C19H22N6.HI/c20-19(22-11-9-18-8-4-5-10-21-18)23-12-17-13-24-25(15-17)14-16-6-2-1-3-7-16;/h1-8,10,13,15H,9,11-12,14H2,(H3,20,22,23);1H. The van der Waals surface area contributed by atoms with E-state index in [0.717, 1.165) is 24.2 Å². The van der Waals surface area contributed by atoms with Crippen molar-refractivity contribution in [2.45, 2.75) is 19.5 Å². The second kappa shape index (κ2) is 10.5. The van der Waals surface area contributed by atoms with Gasteiger partial charge in [-0.2, -0.15) is 5.10 Å². The first-order valence-electron chi connectivity index (χ1n) is 8.28. The minimum atomic E-state index is 0. The number of nitrogens with zero attached hydrogens (tertiary/aromatic N) is 4. The monoisotopic (exact) mass is 462 g/mol. The van der Waals surface area contributed by atoms with Crippen molar-refractivity contribution in [3.05, 3.63) is 83.9 Å². The van der Waals surface area contributed by atoms with Gasteiger partial charge in [0.25, 0.3) is 0 Å². The van der Waals surface area contributed by atoms with Crippen LogP contribution < -0.4 is 11.1 Å². The van der Waals surface area contributed by atoms with Crippen molar-refractivity contribution in [1.82, 2.24) is 20.1 Å². The molecule has 0 aliphatic heterocycles. The molecular weight excluding hydrogens is 439 g/mol. The molecule has 0 unspecified atom stereocenters. The molecule has 0 radical (unpaired) electrons. The maximum absolute atomic E-state index is 5.91. The summed E-state index contributed by atoms with van der Waals surface area (Å²) in [6.45, 7) is 1.97. The average molecular weight is 462 g/mol. The van der Waals surface area contributed by atoms with E-state index >= 15 is 0 Å². The molecule has 7 heteroatoms. The maximum atomic E-state index is 5.91. The van der Waals surface area contributed by atoms with Gasteiger partial charge in [0, 0.05) is 36.6 Å². The van der Waals surface area contributed by atoms with Gasteiger partial charge in [0.1, 0.15) is 0 Å². The van der Waals surface area contributed by atoms with E-state index in [1.807, 2.05) is 53.5 Å². The lowest BCUT2D eigenvalue weighted by atomic mass is 10.2. The third-order valence-corrected chi connectivity index (χ3v) is 3.72. The number of halogens is 1. The maximum Gasteiger partial charge on any atom is 0.188 e. The number of aliphatic imine (C=N–C) groups is 1. The molecule has 0 saturated heterocycles. The van der Waals surface area contributed by atoms with Crippen molar-refractivity contribution >= 4 is 29.9 Å². The van der Waals surface area contributed by atoms with E-state index in [1.54, 1.807) is 6.20 Å². The van der Waals surface area contributed by atoms with Gasteiger partial charge in [0.2, 0.25) is 0 Å². The quantitative estimate of drug-likeness (QED) is 0.322. The molecule has 0 aliphatic rings. The first-order chi connectivity index (χ1) is 12.3. The molecule has 3 rings (SSSR count). The molecule has 0 fully saturated rings. The number of pyridine rings is 1. The molecule has 0 saturated carbocycles. The van der Waals surface area contributed by atoms with Gasteiger partial charge in [-0.15, -0.1) is 24.0 Å². The summed E-state index contributed by atoms with van der Waals surface area (Å²) in [5, 5.41) is 7.48. The highest BCUT2D eigenvalue weighted by atomic mass is 127. The van der Waals surface area contributed by atoms with Crippen LogP contribution in [0.15, 0.2) is 72.1 Å². The minimum absolute atomic E-state index is 0. The van der Waals surface area contributed by atoms with Crippen LogP contribution in [0.1, 0.15) is 16.8 Å². The van der Waals surface area contributed by atoms with Crippen molar-refractivity contribution in [2.24, 2.45) is 10.7 Å². The summed E-state index contributed by atoms with van der Waals surface area (Å²) in [6.07, 6.45) is 6.43. The molecular formula is C19H23IN6. The van der Waals surface area contributed by atoms with Crippen molar-refractivity contribution in [1.29, 1.82) is 0 Å². The van der Waals surface area contributed by atoms with Gasteiger partial charge in [-0.1, -0.05) is 36.4 Å². The number of nitrogens with two attached hydrogens (primary N) is 1. The first kappa shape index (κ1) is 19.9. The highest BCUT2D eigenvalue weighted by molar-refractivity contribution is 14.0. The summed E-state index contributed by atoms with van der Waals surface area (Å²) < 4.78 is 1.91. The van der Waals surface area contributed by atoms with E-state index in [0.29, 0.717) is 19.0 Å². The lowest BCUT2D eigenvalue weighted by molar-refractivity contribution is 0.686.